The minimum atomic E-state index is -0.0567. The highest BCUT2D eigenvalue weighted by Gasteiger charge is 2.26. The third-order valence-corrected chi connectivity index (χ3v) is 2.74. The number of hydrogen-bond donors (Lipinski definition) is 2. The van der Waals surface area contributed by atoms with Crippen LogP contribution in [0.1, 0.15) is 24.0 Å². The summed E-state index contributed by atoms with van der Waals surface area (Å²) in [7, 11) is 0. The highest BCUT2D eigenvalue weighted by molar-refractivity contribution is 6.02. The summed E-state index contributed by atoms with van der Waals surface area (Å²) in [6.07, 6.45) is 0.769. The van der Waals surface area contributed by atoms with Gasteiger partial charge in [0.25, 0.3) is 0 Å². The van der Waals surface area contributed by atoms with Crippen molar-refractivity contribution in [3.05, 3.63) is 29.3 Å². The van der Waals surface area contributed by atoms with E-state index in [0.29, 0.717) is 6.61 Å². The lowest BCUT2D eigenvalue weighted by molar-refractivity contribution is -0.116. The molecule has 0 saturated heterocycles. The third kappa shape index (κ3) is 1.86. The van der Waals surface area contributed by atoms with E-state index in [1.807, 2.05) is 25.1 Å². The summed E-state index contributed by atoms with van der Waals surface area (Å²) in [5.41, 5.74) is 3.13. The van der Waals surface area contributed by atoms with Crippen LogP contribution in [0, 0.1) is 0 Å². The maximum Gasteiger partial charge on any atom is 0.231 e. The molecular weight excluding hydrogens is 192 g/mol. The number of carbonyl (C=O) groups excluding carboxylic acids is 1. The van der Waals surface area contributed by atoms with Gasteiger partial charge in [-0.05, 0) is 30.5 Å². The molecule has 0 bridgehead atoms. The van der Waals surface area contributed by atoms with Crippen LogP contribution < -0.4 is 11.2 Å². The molecule has 1 aliphatic rings. The van der Waals surface area contributed by atoms with E-state index in [0.717, 1.165) is 23.2 Å². The second-order valence-electron chi connectivity index (χ2n) is 3.75. The number of nitrogens with two attached hydrogens (primary N) is 1. The van der Waals surface area contributed by atoms with E-state index < -0.39 is 0 Å². The van der Waals surface area contributed by atoms with E-state index in [2.05, 4.69) is 10.2 Å². The highest BCUT2D eigenvalue weighted by atomic mass is 16.6. The number of carbonyl (C=O) groups is 1. The molecule has 1 atom stereocenters. The van der Waals surface area contributed by atoms with Gasteiger partial charge in [0.2, 0.25) is 5.91 Å². The van der Waals surface area contributed by atoms with E-state index >= 15 is 0 Å². The van der Waals surface area contributed by atoms with Crippen molar-refractivity contribution in [2.45, 2.75) is 19.3 Å². The fraction of sp³-hybridized carbons (Fsp3) is 0.364. The fourth-order valence-electron chi connectivity index (χ4n) is 1.80. The number of fused-ring (bicyclic) bond motifs is 1. The minimum absolute atomic E-state index is 0.0567. The van der Waals surface area contributed by atoms with Crippen LogP contribution in [0.5, 0.6) is 0 Å². The SMILES string of the molecule is CC1C(=O)Nc2ccc(CCON)cc21. The monoisotopic (exact) mass is 206 g/mol. The lowest BCUT2D eigenvalue weighted by Gasteiger charge is -2.05. The second kappa shape index (κ2) is 4.00. The molecule has 0 aromatic heterocycles. The van der Waals surface area contributed by atoms with Crippen molar-refractivity contribution in [1.82, 2.24) is 0 Å². The summed E-state index contributed by atoms with van der Waals surface area (Å²) in [5.74, 6) is 4.98. The first kappa shape index (κ1) is 10.1. The Kier molecular flexibility index (Phi) is 2.70. The van der Waals surface area contributed by atoms with E-state index in [-0.39, 0.29) is 11.8 Å². The van der Waals surface area contributed by atoms with Gasteiger partial charge in [0, 0.05) is 5.69 Å². The maximum absolute atomic E-state index is 11.4. The summed E-state index contributed by atoms with van der Waals surface area (Å²) in [6, 6.07) is 5.95. The van der Waals surface area contributed by atoms with E-state index in [4.69, 9.17) is 5.90 Å². The minimum Gasteiger partial charge on any atom is -0.325 e. The normalized spacial score (nSPS) is 18.8. The van der Waals surface area contributed by atoms with Crippen molar-refractivity contribution in [1.29, 1.82) is 0 Å². The molecule has 0 fully saturated rings. The fourth-order valence-corrected chi connectivity index (χ4v) is 1.80. The molecule has 1 aromatic rings. The summed E-state index contributed by atoms with van der Waals surface area (Å²) in [4.78, 5) is 15.9. The number of nitrogens with one attached hydrogen (secondary N) is 1. The van der Waals surface area contributed by atoms with Crippen molar-refractivity contribution in [2.24, 2.45) is 5.90 Å². The van der Waals surface area contributed by atoms with Gasteiger partial charge in [-0.25, -0.2) is 5.90 Å². The zero-order valence-electron chi connectivity index (χ0n) is 8.62. The Labute approximate surface area is 88.4 Å². The summed E-state index contributed by atoms with van der Waals surface area (Å²) in [6.45, 7) is 2.40. The Hall–Kier alpha value is -1.39. The second-order valence-corrected chi connectivity index (χ2v) is 3.75. The molecule has 0 aliphatic carbocycles. The van der Waals surface area contributed by atoms with Gasteiger partial charge in [-0.1, -0.05) is 12.1 Å². The molecule has 0 radical (unpaired) electrons. The van der Waals surface area contributed by atoms with Crippen LogP contribution in [0.15, 0.2) is 18.2 Å². The van der Waals surface area contributed by atoms with Gasteiger partial charge in [-0.3, -0.25) is 4.79 Å². The maximum atomic E-state index is 11.4. The van der Waals surface area contributed by atoms with Gasteiger partial charge in [0.1, 0.15) is 0 Å². The molecular formula is C11H14N2O2. The Morgan fingerprint density at radius 1 is 1.53 bits per heavy atom. The smallest absolute Gasteiger partial charge is 0.231 e. The van der Waals surface area contributed by atoms with E-state index in [1.54, 1.807) is 0 Å². The molecule has 80 valence electrons. The number of anilines is 1. The first-order valence-electron chi connectivity index (χ1n) is 4.97. The van der Waals surface area contributed by atoms with Crippen LogP contribution in [-0.2, 0) is 16.1 Å². The molecule has 2 rings (SSSR count). The van der Waals surface area contributed by atoms with Gasteiger partial charge in [0.15, 0.2) is 0 Å². The van der Waals surface area contributed by atoms with Crippen LogP contribution in [0.4, 0.5) is 5.69 Å². The largest absolute Gasteiger partial charge is 0.325 e. The predicted octanol–water partition coefficient (Wildman–Crippen LogP) is 1.17. The summed E-state index contributed by atoms with van der Waals surface area (Å²) in [5, 5.41) is 2.84. The zero-order chi connectivity index (χ0) is 10.8. The van der Waals surface area contributed by atoms with Crippen LogP contribution in [0.25, 0.3) is 0 Å². The molecule has 1 aliphatic heterocycles. The van der Waals surface area contributed by atoms with Crippen molar-refractivity contribution in [3.63, 3.8) is 0 Å². The summed E-state index contributed by atoms with van der Waals surface area (Å²) >= 11 is 0. The Balaban J connectivity index is 2.23. The average molecular weight is 206 g/mol. The average Bonchev–Trinajstić information content (AvgIpc) is 2.52. The lowest BCUT2D eigenvalue weighted by Crippen LogP contribution is -2.08. The zero-order valence-corrected chi connectivity index (χ0v) is 8.62. The predicted molar refractivity (Wildman–Crippen MR) is 57.3 cm³/mol. The van der Waals surface area contributed by atoms with Crippen molar-refractivity contribution in [2.75, 3.05) is 11.9 Å². The molecule has 3 N–H and O–H groups in total. The molecule has 1 aromatic carbocycles. The van der Waals surface area contributed by atoms with Crippen LogP contribution >= 0.6 is 0 Å². The van der Waals surface area contributed by atoms with Gasteiger partial charge in [0.05, 0.1) is 12.5 Å². The number of rotatable bonds is 3. The molecule has 4 nitrogen and oxygen atoms in total. The van der Waals surface area contributed by atoms with Gasteiger partial charge < -0.3 is 10.2 Å². The Morgan fingerprint density at radius 2 is 2.33 bits per heavy atom. The highest BCUT2D eigenvalue weighted by Crippen LogP contribution is 2.32. The van der Waals surface area contributed by atoms with Crippen molar-refractivity contribution in [3.8, 4) is 0 Å². The number of benzene rings is 1. The first-order chi connectivity index (χ1) is 7.22. The van der Waals surface area contributed by atoms with Gasteiger partial charge in [-0.15, -0.1) is 0 Å². The Bertz CT molecular complexity index is 390. The topological polar surface area (TPSA) is 64.3 Å². The molecule has 1 unspecified atom stereocenters. The Morgan fingerprint density at radius 3 is 3.07 bits per heavy atom. The third-order valence-electron chi connectivity index (χ3n) is 2.74. The number of hydrogen-bond acceptors (Lipinski definition) is 3. The first-order valence-corrected chi connectivity index (χ1v) is 4.97. The lowest BCUT2D eigenvalue weighted by atomic mass is 9.99. The standard InChI is InChI=1S/C11H14N2O2/c1-7-9-6-8(4-5-15-12)2-3-10(9)13-11(7)14/h2-3,6-7H,4-5,12H2,1H3,(H,13,14). The molecule has 0 saturated carbocycles. The number of amides is 1. The van der Waals surface area contributed by atoms with Crippen LogP contribution in [0.2, 0.25) is 0 Å². The van der Waals surface area contributed by atoms with Gasteiger partial charge >= 0.3 is 0 Å². The molecule has 15 heavy (non-hydrogen) atoms. The quantitative estimate of drug-likeness (QED) is 0.730. The van der Waals surface area contributed by atoms with Crippen LogP contribution in [-0.4, -0.2) is 12.5 Å². The molecule has 0 spiro atoms. The van der Waals surface area contributed by atoms with E-state index in [9.17, 15) is 4.79 Å². The summed E-state index contributed by atoms with van der Waals surface area (Å²) < 4.78 is 0. The molecule has 4 heteroatoms. The van der Waals surface area contributed by atoms with Crippen LogP contribution in [0.3, 0.4) is 0 Å². The van der Waals surface area contributed by atoms with Crippen molar-refractivity contribution < 1.29 is 9.63 Å². The molecule has 1 amide bonds. The molecule has 1 heterocycles. The van der Waals surface area contributed by atoms with Crippen molar-refractivity contribution >= 4 is 11.6 Å². The van der Waals surface area contributed by atoms with E-state index in [1.165, 1.54) is 0 Å². The van der Waals surface area contributed by atoms with Gasteiger partial charge in [-0.2, -0.15) is 0 Å².